The lowest BCUT2D eigenvalue weighted by Gasteiger charge is -2.39. The normalized spacial score (nSPS) is 18.2. The smallest absolute Gasteiger partial charge is 0.446 e. The molecule has 4 aromatic rings. The number of aromatic amines is 1. The molecule has 0 bridgehead atoms. The molecule has 16 heteroatoms. The quantitative estimate of drug-likeness (QED) is 0.0509. The number of amides is 1. The number of piperazine rings is 2. The van der Waals surface area contributed by atoms with Gasteiger partial charge in [-0.15, -0.1) is 0 Å². The van der Waals surface area contributed by atoms with Gasteiger partial charge in [-0.1, -0.05) is 55.8 Å². The molecule has 10 nitrogen and oxygen atoms in total. The fourth-order valence-electron chi connectivity index (χ4n) is 8.88. The molecule has 0 atom stereocenters. The number of allylic oxidation sites excluding steroid dienone is 3. The van der Waals surface area contributed by atoms with Gasteiger partial charge in [0.1, 0.15) is 17.1 Å². The van der Waals surface area contributed by atoms with Gasteiger partial charge in [0.05, 0.1) is 11.8 Å². The van der Waals surface area contributed by atoms with Gasteiger partial charge in [0, 0.05) is 115 Å². The predicted molar refractivity (Wildman–Crippen MR) is 273 cm³/mol. The summed E-state index contributed by atoms with van der Waals surface area (Å²) < 4.78 is 50.9. The van der Waals surface area contributed by atoms with E-state index in [0.717, 1.165) is 119 Å². The van der Waals surface area contributed by atoms with Crippen LogP contribution in [0.1, 0.15) is 76.2 Å². The third-order valence-corrected chi connectivity index (χ3v) is 14.8. The van der Waals surface area contributed by atoms with Crippen molar-refractivity contribution in [1.29, 1.82) is 0 Å². The molecule has 67 heavy (non-hydrogen) atoms. The highest BCUT2D eigenvalue weighted by molar-refractivity contribution is 8.04. The Morgan fingerprint density at radius 2 is 1.75 bits per heavy atom. The molecule has 2 saturated heterocycles. The molecule has 0 saturated carbocycles. The highest BCUT2D eigenvalue weighted by atomic mass is 35.5. The second-order valence-corrected chi connectivity index (χ2v) is 21.0. The molecular weight excluding hydrogens is 913 g/mol. The molecule has 3 N–H and O–H groups in total. The van der Waals surface area contributed by atoms with Crippen LogP contribution in [0.2, 0.25) is 5.02 Å². The summed E-state index contributed by atoms with van der Waals surface area (Å²) in [6, 6.07) is 18.1. The minimum absolute atomic E-state index is 0.0737. The van der Waals surface area contributed by atoms with Gasteiger partial charge in [-0.05, 0) is 136 Å². The molecule has 1 aliphatic carbocycles. The van der Waals surface area contributed by atoms with Crippen LogP contribution in [-0.4, -0.2) is 114 Å². The van der Waals surface area contributed by atoms with Crippen LogP contribution in [0, 0.1) is 5.41 Å². The molecule has 360 valence electrons. The van der Waals surface area contributed by atoms with Crippen LogP contribution >= 0.6 is 35.3 Å². The van der Waals surface area contributed by atoms with Crippen LogP contribution in [0.25, 0.3) is 16.6 Å². The number of hydrogen-bond acceptors (Lipinski definition) is 10. The molecule has 2 fully saturated rings. The maximum absolute atomic E-state index is 14.0. The lowest BCUT2D eigenvalue weighted by molar-refractivity contribution is -0.0322. The average molecular weight is 978 g/mol. The summed E-state index contributed by atoms with van der Waals surface area (Å²) in [6.45, 7) is 24.3. The van der Waals surface area contributed by atoms with Gasteiger partial charge in [-0.2, -0.15) is 13.2 Å². The molecule has 2 aliphatic heterocycles. The van der Waals surface area contributed by atoms with E-state index in [1.807, 2.05) is 36.4 Å². The first-order valence-corrected chi connectivity index (χ1v) is 25.2. The van der Waals surface area contributed by atoms with Crippen LogP contribution in [0.3, 0.4) is 0 Å². The molecule has 4 heterocycles. The van der Waals surface area contributed by atoms with Gasteiger partial charge < -0.3 is 24.8 Å². The van der Waals surface area contributed by atoms with Crippen molar-refractivity contribution in [3.63, 3.8) is 0 Å². The number of ether oxygens (including phenoxy) is 1. The van der Waals surface area contributed by atoms with Gasteiger partial charge in [-0.25, -0.2) is 4.98 Å². The van der Waals surface area contributed by atoms with Gasteiger partial charge in [-0.3, -0.25) is 19.3 Å². The topological polar surface area (TPSA) is 92.0 Å². The summed E-state index contributed by atoms with van der Waals surface area (Å²) in [5, 5.41) is 4.72. The average Bonchev–Trinajstić information content (AvgIpc) is 3.77. The van der Waals surface area contributed by atoms with Crippen LogP contribution in [0.4, 0.5) is 18.9 Å². The number of anilines is 1. The Morgan fingerprint density at radius 1 is 1.01 bits per heavy atom. The first-order chi connectivity index (χ1) is 32.0. The Morgan fingerprint density at radius 3 is 2.45 bits per heavy atom. The number of H-pyrrole nitrogens is 1. The third kappa shape index (κ3) is 14.3. The standard InChI is InChI=1S/C51H64ClF3N8O2S2/c1-7-43(31-47(66-51(53,54)55)36(4)56-18-8-20-60-21-25-62(26-22-60)35(2)3)67-59-49(64)44-14-13-41(30-46(44)65-42-29-38-16-19-57-48(38)58-33-42)63-27-23-61(24-28-63)34-39-15-17-50(5,6)32-45(39)37-9-11-40(52)12-10-37/h7,9-14,16,19,29-31,33,35,56H,4,8,15,17-18,20-28,32,34H2,1-3,5-6H3,(H,57,58)(H,59,64)/b43-7+,47-31+. The number of hydrogen-bond donors (Lipinski definition) is 3. The fourth-order valence-corrected chi connectivity index (χ4v) is 10.3. The Bertz CT molecular complexity index is 2440. The second-order valence-electron chi connectivity index (χ2n) is 18.6. The number of benzene rings is 2. The second kappa shape index (κ2) is 22.8. The zero-order valence-corrected chi connectivity index (χ0v) is 41.7. The Hall–Kier alpha value is -4.38. The lowest BCUT2D eigenvalue weighted by Crippen LogP contribution is -2.49. The highest BCUT2D eigenvalue weighted by Crippen LogP contribution is 2.44. The molecule has 2 aromatic heterocycles. The van der Waals surface area contributed by atoms with E-state index in [2.05, 4.69) is 86.0 Å². The summed E-state index contributed by atoms with van der Waals surface area (Å²) in [4.78, 5) is 31.6. The van der Waals surface area contributed by atoms with Gasteiger partial charge in [0.2, 0.25) is 0 Å². The van der Waals surface area contributed by atoms with E-state index in [0.29, 0.717) is 34.6 Å². The number of aromatic nitrogens is 2. The minimum Gasteiger partial charge on any atom is -0.455 e. The number of carbonyl (C=O) groups is 1. The first-order valence-electron chi connectivity index (χ1n) is 23.2. The number of nitrogens with zero attached hydrogens (tertiary/aromatic N) is 5. The van der Waals surface area contributed by atoms with Crippen LogP contribution in [0.15, 0.2) is 107 Å². The summed E-state index contributed by atoms with van der Waals surface area (Å²) in [7, 11) is 0. The van der Waals surface area contributed by atoms with Crippen LogP contribution < -0.4 is 19.7 Å². The van der Waals surface area contributed by atoms with Crippen LogP contribution in [-0.2, 0) is 0 Å². The number of thioether (sulfide) groups is 1. The number of alkyl halides is 3. The van der Waals surface area contributed by atoms with Gasteiger partial charge in [0.25, 0.3) is 5.91 Å². The van der Waals surface area contributed by atoms with E-state index in [4.69, 9.17) is 16.3 Å². The number of fused-ring (bicyclic) bond motifs is 1. The number of halogens is 4. The van der Waals surface area contributed by atoms with Crippen molar-refractivity contribution in [3.05, 3.63) is 123 Å². The zero-order chi connectivity index (χ0) is 47.7. The summed E-state index contributed by atoms with van der Waals surface area (Å²) >= 11 is 6.97. The van der Waals surface area contributed by atoms with Gasteiger partial charge in [0.15, 0.2) is 0 Å². The Kier molecular flexibility index (Phi) is 17.2. The van der Waals surface area contributed by atoms with Crippen molar-refractivity contribution in [2.45, 2.75) is 71.9 Å². The van der Waals surface area contributed by atoms with Crippen LogP contribution in [0.5, 0.6) is 11.5 Å². The number of carbonyl (C=O) groups excluding carboxylic acids is 1. The van der Waals surface area contributed by atoms with Crippen molar-refractivity contribution in [3.8, 4) is 11.5 Å². The molecular formula is C51H64ClF3N8O2S2. The van der Waals surface area contributed by atoms with Crippen molar-refractivity contribution in [1.82, 2.24) is 34.7 Å². The molecule has 2 aromatic carbocycles. The monoisotopic (exact) mass is 976 g/mol. The Labute approximate surface area is 407 Å². The molecule has 0 unspecified atom stereocenters. The molecule has 3 aliphatic rings. The molecule has 1 amide bonds. The van der Waals surface area contributed by atoms with E-state index in [1.165, 1.54) is 22.8 Å². The van der Waals surface area contributed by atoms with E-state index >= 15 is 0 Å². The highest BCUT2D eigenvalue weighted by Gasteiger charge is 2.32. The predicted octanol–water partition coefficient (Wildman–Crippen LogP) is 11.7. The van der Waals surface area contributed by atoms with E-state index in [1.54, 1.807) is 31.5 Å². The summed E-state index contributed by atoms with van der Waals surface area (Å²) in [6.07, 6.45) is 10.5. The third-order valence-electron chi connectivity index (χ3n) is 12.8. The van der Waals surface area contributed by atoms with Crippen molar-refractivity contribution < 1.29 is 22.7 Å². The van der Waals surface area contributed by atoms with Crippen molar-refractivity contribution in [2.24, 2.45) is 5.41 Å². The first kappa shape index (κ1) is 50.5. The van der Waals surface area contributed by atoms with E-state index in [9.17, 15) is 18.0 Å². The number of rotatable bonds is 18. The lowest BCUT2D eigenvalue weighted by atomic mass is 9.72. The molecule has 0 radical (unpaired) electrons. The largest absolute Gasteiger partial charge is 0.455 e. The maximum atomic E-state index is 14.0. The zero-order valence-electron chi connectivity index (χ0n) is 39.3. The fraction of sp³-hybridized carbons (Fsp3) is 0.451. The SMILES string of the molecule is C=C(NCCCN1CCN(C(C)C)CC1)/C(=C\C(=C/C)SNC(=O)c1ccc(N2CCN(CC3=C(c4ccc(Cl)cc4)CC(C)(C)CC3)CC2)cc1Oc1cnc2[nH]ccc2c1)SC(F)(F)F. The maximum Gasteiger partial charge on any atom is 0.446 e. The number of nitrogens with one attached hydrogen (secondary N) is 3. The van der Waals surface area contributed by atoms with E-state index in [-0.39, 0.29) is 33.3 Å². The summed E-state index contributed by atoms with van der Waals surface area (Å²) in [5.74, 6) is 0.334. The van der Waals surface area contributed by atoms with Gasteiger partial charge >= 0.3 is 5.51 Å². The minimum atomic E-state index is -4.54. The number of pyridine rings is 1. The molecule has 0 spiro atoms. The molecule has 7 rings (SSSR count). The van der Waals surface area contributed by atoms with E-state index < -0.39 is 11.4 Å². The Balaban J connectivity index is 1.02. The summed E-state index contributed by atoms with van der Waals surface area (Å²) in [5.41, 5.74) is 1.96. The van der Waals surface area contributed by atoms with Crippen molar-refractivity contribution >= 4 is 63.5 Å². The van der Waals surface area contributed by atoms with Crippen molar-refractivity contribution in [2.75, 3.05) is 76.9 Å².